The average molecular weight is 434 g/mol. The van der Waals surface area contributed by atoms with Gasteiger partial charge in [0.15, 0.2) is 6.23 Å². The molecule has 0 N–H and O–H groups in total. The predicted octanol–water partition coefficient (Wildman–Crippen LogP) is 4.66. The maximum Gasteiger partial charge on any atom is 0.272 e. The standard InChI is InChI=1S/C25H27N3O4/c1-15-14-18(32-24-20-10-13-30-21(20)9-11-26-24)7-8-19(15)23-16(2)25(29)28(27-17(23)3)22-6-4-5-12-31-22/h7-9,11,14,22H,4-6,10,12-13H2,1-3H3. The van der Waals surface area contributed by atoms with Gasteiger partial charge in [-0.3, -0.25) is 4.79 Å². The van der Waals surface area contributed by atoms with E-state index in [2.05, 4.69) is 10.1 Å². The Morgan fingerprint density at radius 2 is 2.00 bits per heavy atom. The van der Waals surface area contributed by atoms with Crippen LogP contribution in [0.4, 0.5) is 0 Å². The van der Waals surface area contributed by atoms with Gasteiger partial charge in [-0.25, -0.2) is 9.67 Å². The van der Waals surface area contributed by atoms with E-state index in [0.717, 1.165) is 59.4 Å². The summed E-state index contributed by atoms with van der Waals surface area (Å²) in [6, 6.07) is 7.74. The second-order valence-corrected chi connectivity index (χ2v) is 8.43. The lowest BCUT2D eigenvalue weighted by Crippen LogP contribution is -2.33. The van der Waals surface area contributed by atoms with Crippen molar-refractivity contribution in [3.8, 4) is 28.5 Å². The first-order valence-corrected chi connectivity index (χ1v) is 11.1. The van der Waals surface area contributed by atoms with Crippen LogP contribution in [0.15, 0.2) is 35.3 Å². The van der Waals surface area contributed by atoms with Crippen LogP contribution in [0.3, 0.4) is 0 Å². The molecular weight excluding hydrogens is 406 g/mol. The number of nitrogens with zero attached hydrogens (tertiary/aromatic N) is 3. The Kier molecular flexibility index (Phi) is 5.43. The van der Waals surface area contributed by atoms with Crippen molar-refractivity contribution in [3.05, 3.63) is 63.2 Å². The summed E-state index contributed by atoms with van der Waals surface area (Å²) in [6.45, 7) is 7.15. The molecule has 1 unspecified atom stereocenters. The minimum atomic E-state index is -0.274. The minimum Gasteiger partial charge on any atom is -0.493 e. The smallest absolute Gasteiger partial charge is 0.272 e. The zero-order valence-electron chi connectivity index (χ0n) is 18.7. The predicted molar refractivity (Wildman–Crippen MR) is 120 cm³/mol. The monoisotopic (exact) mass is 433 g/mol. The molecule has 0 spiro atoms. The molecule has 166 valence electrons. The number of aromatic nitrogens is 3. The van der Waals surface area contributed by atoms with Gasteiger partial charge in [-0.15, -0.1) is 0 Å². The fourth-order valence-corrected chi connectivity index (χ4v) is 4.58. The van der Waals surface area contributed by atoms with E-state index >= 15 is 0 Å². The van der Waals surface area contributed by atoms with Crippen molar-refractivity contribution in [1.29, 1.82) is 0 Å². The average Bonchev–Trinajstić information content (AvgIpc) is 3.28. The highest BCUT2D eigenvalue weighted by molar-refractivity contribution is 5.72. The molecule has 3 aromatic rings. The minimum absolute atomic E-state index is 0.0960. The summed E-state index contributed by atoms with van der Waals surface area (Å²) >= 11 is 0. The first-order valence-electron chi connectivity index (χ1n) is 11.1. The lowest BCUT2D eigenvalue weighted by atomic mass is 9.96. The Hall–Kier alpha value is -3.19. The number of fused-ring (bicyclic) bond motifs is 1. The van der Waals surface area contributed by atoms with E-state index in [9.17, 15) is 4.79 Å². The quantitative estimate of drug-likeness (QED) is 0.596. The van der Waals surface area contributed by atoms with Crippen molar-refractivity contribution >= 4 is 0 Å². The fourth-order valence-electron chi connectivity index (χ4n) is 4.58. The molecule has 32 heavy (non-hydrogen) atoms. The largest absolute Gasteiger partial charge is 0.493 e. The van der Waals surface area contributed by atoms with Crippen molar-refractivity contribution < 1.29 is 14.2 Å². The molecular formula is C25H27N3O4. The summed E-state index contributed by atoms with van der Waals surface area (Å²) in [4.78, 5) is 17.5. The lowest BCUT2D eigenvalue weighted by Gasteiger charge is -2.25. The Labute approximate surface area is 187 Å². The third kappa shape index (κ3) is 3.66. The van der Waals surface area contributed by atoms with E-state index in [0.29, 0.717) is 30.4 Å². The van der Waals surface area contributed by atoms with Gasteiger partial charge in [0.2, 0.25) is 5.88 Å². The molecule has 0 saturated carbocycles. The normalized spacial score (nSPS) is 17.7. The van der Waals surface area contributed by atoms with Crippen molar-refractivity contribution in [2.24, 2.45) is 0 Å². The zero-order chi connectivity index (χ0) is 22.2. The maximum absolute atomic E-state index is 13.1. The topological polar surface area (TPSA) is 75.5 Å². The SMILES string of the molecule is Cc1cc(Oc2nccc3c2CCO3)ccc1-c1c(C)nn(C2CCCCO2)c(=O)c1C. The van der Waals surface area contributed by atoms with Crippen LogP contribution in [0.5, 0.6) is 17.4 Å². The highest BCUT2D eigenvalue weighted by atomic mass is 16.5. The Bertz CT molecular complexity index is 1230. The number of benzene rings is 1. The highest BCUT2D eigenvalue weighted by Crippen LogP contribution is 2.36. The van der Waals surface area contributed by atoms with Gasteiger partial charge in [0.25, 0.3) is 5.56 Å². The molecule has 2 aromatic heterocycles. The van der Waals surface area contributed by atoms with E-state index in [1.54, 1.807) is 6.20 Å². The van der Waals surface area contributed by atoms with Crippen LogP contribution in [0, 0.1) is 20.8 Å². The molecule has 4 heterocycles. The molecule has 5 rings (SSSR count). The van der Waals surface area contributed by atoms with E-state index in [4.69, 9.17) is 14.2 Å². The van der Waals surface area contributed by atoms with E-state index < -0.39 is 0 Å². The number of hydrogen-bond donors (Lipinski definition) is 0. The van der Waals surface area contributed by atoms with Crippen molar-refractivity contribution in [2.75, 3.05) is 13.2 Å². The van der Waals surface area contributed by atoms with Crippen LogP contribution in [0.2, 0.25) is 0 Å². The molecule has 1 atom stereocenters. The third-order valence-electron chi connectivity index (χ3n) is 6.22. The summed E-state index contributed by atoms with van der Waals surface area (Å²) in [5.74, 6) is 2.12. The van der Waals surface area contributed by atoms with E-state index in [-0.39, 0.29) is 11.8 Å². The van der Waals surface area contributed by atoms with Crippen LogP contribution in [0.1, 0.15) is 47.9 Å². The molecule has 0 aliphatic carbocycles. The molecule has 7 nitrogen and oxygen atoms in total. The van der Waals surface area contributed by atoms with Crippen molar-refractivity contribution in [2.45, 2.75) is 52.7 Å². The van der Waals surface area contributed by atoms with Crippen LogP contribution in [0.25, 0.3) is 11.1 Å². The molecule has 2 aliphatic rings. The summed E-state index contributed by atoms with van der Waals surface area (Å²) in [5, 5.41) is 4.63. The van der Waals surface area contributed by atoms with Crippen molar-refractivity contribution in [3.63, 3.8) is 0 Å². The van der Waals surface area contributed by atoms with Crippen LogP contribution in [-0.2, 0) is 11.2 Å². The molecule has 0 bridgehead atoms. The van der Waals surface area contributed by atoms with Gasteiger partial charge in [0, 0.05) is 30.4 Å². The second-order valence-electron chi connectivity index (χ2n) is 8.43. The van der Waals surface area contributed by atoms with Gasteiger partial charge in [-0.2, -0.15) is 5.10 Å². The van der Waals surface area contributed by atoms with Gasteiger partial charge in [-0.1, -0.05) is 6.07 Å². The fraction of sp³-hybridized carbons (Fsp3) is 0.400. The van der Waals surface area contributed by atoms with E-state index in [1.165, 1.54) is 4.68 Å². The number of pyridine rings is 1. The second kappa shape index (κ2) is 8.39. The summed E-state index contributed by atoms with van der Waals surface area (Å²) < 4.78 is 19.0. The number of rotatable bonds is 4. The Morgan fingerprint density at radius 1 is 1.12 bits per heavy atom. The molecule has 1 aromatic carbocycles. The third-order valence-corrected chi connectivity index (χ3v) is 6.22. The van der Waals surface area contributed by atoms with Gasteiger partial charge in [0.05, 0.1) is 17.9 Å². The molecule has 1 fully saturated rings. The first kappa shape index (κ1) is 20.7. The Balaban J connectivity index is 1.47. The van der Waals surface area contributed by atoms with Gasteiger partial charge < -0.3 is 14.2 Å². The van der Waals surface area contributed by atoms with Crippen molar-refractivity contribution in [1.82, 2.24) is 14.8 Å². The Morgan fingerprint density at radius 3 is 2.78 bits per heavy atom. The summed E-state index contributed by atoms with van der Waals surface area (Å²) in [5.41, 5.74) is 5.25. The number of ether oxygens (including phenoxy) is 3. The van der Waals surface area contributed by atoms with Crippen LogP contribution in [-0.4, -0.2) is 28.0 Å². The highest BCUT2D eigenvalue weighted by Gasteiger charge is 2.23. The molecule has 0 amide bonds. The van der Waals surface area contributed by atoms with Gasteiger partial charge >= 0.3 is 0 Å². The van der Waals surface area contributed by atoms with Gasteiger partial charge in [-0.05, 0) is 69.4 Å². The summed E-state index contributed by atoms with van der Waals surface area (Å²) in [6.07, 6.45) is 5.11. The first-order chi connectivity index (χ1) is 15.5. The van der Waals surface area contributed by atoms with E-state index in [1.807, 2.05) is 45.0 Å². The van der Waals surface area contributed by atoms with Gasteiger partial charge in [0.1, 0.15) is 11.5 Å². The zero-order valence-corrected chi connectivity index (χ0v) is 18.7. The number of aryl methyl sites for hydroxylation is 2. The van der Waals surface area contributed by atoms with Crippen LogP contribution < -0.4 is 15.0 Å². The molecule has 1 saturated heterocycles. The molecule has 7 heteroatoms. The number of hydrogen-bond acceptors (Lipinski definition) is 6. The lowest BCUT2D eigenvalue weighted by molar-refractivity contribution is -0.0428. The molecule has 0 radical (unpaired) electrons. The summed E-state index contributed by atoms with van der Waals surface area (Å²) in [7, 11) is 0. The maximum atomic E-state index is 13.1. The molecule has 2 aliphatic heterocycles. The van der Waals surface area contributed by atoms with Crippen LogP contribution >= 0.6 is 0 Å².